The van der Waals surface area contributed by atoms with Crippen molar-refractivity contribution in [2.75, 3.05) is 19.8 Å². The van der Waals surface area contributed by atoms with E-state index in [1.54, 1.807) is 31.2 Å². The summed E-state index contributed by atoms with van der Waals surface area (Å²) in [6.07, 6.45) is 4.81. The van der Waals surface area contributed by atoms with Crippen LogP contribution in [0, 0.1) is 11.8 Å². The van der Waals surface area contributed by atoms with Crippen LogP contribution in [0.3, 0.4) is 0 Å². The highest BCUT2D eigenvalue weighted by molar-refractivity contribution is 6.38. The van der Waals surface area contributed by atoms with Gasteiger partial charge in [0.05, 0.1) is 25.8 Å². The van der Waals surface area contributed by atoms with Crippen molar-refractivity contribution in [2.24, 2.45) is 11.8 Å². The van der Waals surface area contributed by atoms with Crippen LogP contribution in [-0.4, -0.2) is 85.3 Å². The molecule has 53 heavy (non-hydrogen) atoms. The summed E-state index contributed by atoms with van der Waals surface area (Å²) < 4.78 is 10.6. The third-order valence-corrected chi connectivity index (χ3v) is 8.50. The summed E-state index contributed by atoms with van der Waals surface area (Å²) in [7, 11) is 0. The lowest BCUT2D eigenvalue weighted by molar-refractivity contribution is -0.141. The van der Waals surface area contributed by atoms with Crippen molar-refractivity contribution in [3.8, 4) is 5.75 Å². The summed E-state index contributed by atoms with van der Waals surface area (Å²) in [6.45, 7) is 12.6. The molecule has 1 aromatic carbocycles. The minimum absolute atomic E-state index is 0.00623. The van der Waals surface area contributed by atoms with Gasteiger partial charge in [0, 0.05) is 6.04 Å². The Labute approximate surface area is 313 Å². The highest BCUT2D eigenvalue weighted by Crippen LogP contribution is 2.21. The average molecular weight is 745 g/mol. The van der Waals surface area contributed by atoms with Crippen LogP contribution in [0.4, 0.5) is 4.79 Å². The maximum absolute atomic E-state index is 13.4. The van der Waals surface area contributed by atoms with Crippen molar-refractivity contribution in [3.05, 3.63) is 29.8 Å². The van der Waals surface area contributed by atoms with Gasteiger partial charge in [0.2, 0.25) is 29.4 Å². The first-order valence-electron chi connectivity index (χ1n) is 18.8. The lowest BCUT2D eigenvalue weighted by Gasteiger charge is -2.26. The lowest BCUT2D eigenvalue weighted by Crippen LogP contribution is -2.56. The van der Waals surface area contributed by atoms with Gasteiger partial charge in [-0.1, -0.05) is 72.4 Å². The zero-order valence-electron chi connectivity index (χ0n) is 32.3. The number of Topliss-reactive ketones (excluding diaryl/α,β-unsaturated/α-hetero) is 1. The Morgan fingerprint density at radius 2 is 1.40 bits per heavy atom. The van der Waals surface area contributed by atoms with Gasteiger partial charge in [-0.05, 0) is 69.1 Å². The van der Waals surface area contributed by atoms with Gasteiger partial charge in [-0.25, -0.2) is 4.79 Å². The number of hydrogen-bond donors (Lipinski definition) is 6. The van der Waals surface area contributed by atoms with Gasteiger partial charge in [0.1, 0.15) is 23.9 Å². The molecule has 0 bridgehead atoms. The second-order valence-electron chi connectivity index (χ2n) is 14.3. The number of carbonyl (C=O) groups excluding carboxylic acids is 7. The summed E-state index contributed by atoms with van der Waals surface area (Å²) in [5.41, 5.74) is 0.516. The van der Waals surface area contributed by atoms with E-state index in [4.69, 9.17) is 9.47 Å². The molecule has 296 valence electrons. The van der Waals surface area contributed by atoms with E-state index in [0.29, 0.717) is 24.3 Å². The molecule has 1 saturated carbocycles. The molecule has 15 heteroatoms. The Bertz CT molecular complexity index is 1380. The van der Waals surface area contributed by atoms with Crippen molar-refractivity contribution in [1.82, 2.24) is 31.9 Å². The number of benzene rings is 1. The fourth-order valence-electron chi connectivity index (χ4n) is 5.73. The maximum atomic E-state index is 13.4. The molecule has 0 aliphatic heterocycles. The molecule has 15 nitrogen and oxygen atoms in total. The van der Waals surface area contributed by atoms with Crippen molar-refractivity contribution >= 4 is 41.4 Å². The van der Waals surface area contributed by atoms with E-state index in [1.807, 2.05) is 34.6 Å². The van der Waals surface area contributed by atoms with Crippen LogP contribution in [0.25, 0.3) is 0 Å². The topological polar surface area (TPSA) is 210 Å². The predicted molar refractivity (Wildman–Crippen MR) is 199 cm³/mol. The SMILES string of the molecule is CCCC(NC(=O)C(CC(C)C)NC(=O)[C@H](C)NC(=O)OCC(C)C)C(=O)C(=O)NCC(=O)NC(C(=O)NC1CCCCC1)c1ccc(OCC)cc1. The quantitative estimate of drug-likeness (QED) is 0.102. The van der Waals surface area contributed by atoms with E-state index in [9.17, 15) is 33.6 Å². The normalized spacial score (nSPS) is 15.3. The number of nitrogens with one attached hydrogen (secondary N) is 6. The van der Waals surface area contributed by atoms with Crippen LogP contribution in [0.2, 0.25) is 0 Å². The molecule has 1 aliphatic carbocycles. The van der Waals surface area contributed by atoms with Crippen LogP contribution >= 0.6 is 0 Å². The Morgan fingerprint density at radius 1 is 0.755 bits per heavy atom. The Kier molecular flexibility index (Phi) is 19.4. The van der Waals surface area contributed by atoms with E-state index in [-0.39, 0.29) is 43.2 Å². The molecule has 1 aliphatic rings. The number of alkyl carbamates (subject to hydrolysis) is 1. The number of ether oxygens (including phenoxy) is 2. The number of amides is 6. The first-order chi connectivity index (χ1) is 25.1. The fourth-order valence-corrected chi connectivity index (χ4v) is 5.73. The van der Waals surface area contributed by atoms with Crippen LogP contribution in [0.15, 0.2) is 24.3 Å². The molecule has 6 N–H and O–H groups in total. The van der Waals surface area contributed by atoms with E-state index in [0.717, 1.165) is 32.1 Å². The lowest BCUT2D eigenvalue weighted by atomic mass is 9.95. The number of carbonyl (C=O) groups is 7. The van der Waals surface area contributed by atoms with Gasteiger partial charge in [-0.2, -0.15) is 0 Å². The van der Waals surface area contributed by atoms with Crippen LogP contribution in [0.1, 0.15) is 111 Å². The van der Waals surface area contributed by atoms with E-state index in [1.165, 1.54) is 6.92 Å². The molecular weight excluding hydrogens is 684 g/mol. The fraction of sp³-hybridized carbons (Fsp3) is 0.658. The molecule has 0 aromatic heterocycles. The second kappa shape index (κ2) is 23.1. The molecule has 0 heterocycles. The number of ketones is 1. The van der Waals surface area contributed by atoms with Crippen LogP contribution in [-0.2, 0) is 33.5 Å². The highest BCUT2D eigenvalue weighted by Gasteiger charge is 2.32. The van der Waals surface area contributed by atoms with Gasteiger partial charge < -0.3 is 41.4 Å². The summed E-state index contributed by atoms with van der Waals surface area (Å²) in [5, 5.41) is 15.7. The van der Waals surface area contributed by atoms with Crippen molar-refractivity contribution in [1.29, 1.82) is 0 Å². The van der Waals surface area contributed by atoms with Gasteiger partial charge >= 0.3 is 6.09 Å². The number of hydrogen-bond acceptors (Lipinski definition) is 9. The molecule has 4 atom stereocenters. The summed E-state index contributed by atoms with van der Waals surface area (Å²) in [5.74, 6) is -3.79. The molecule has 0 saturated heterocycles. The molecule has 1 fully saturated rings. The molecule has 2 rings (SSSR count). The minimum Gasteiger partial charge on any atom is -0.494 e. The predicted octanol–water partition coefficient (Wildman–Crippen LogP) is 2.96. The third kappa shape index (κ3) is 16.3. The van der Waals surface area contributed by atoms with Crippen molar-refractivity contribution in [2.45, 2.75) is 130 Å². The molecule has 0 radical (unpaired) electrons. The monoisotopic (exact) mass is 744 g/mol. The van der Waals surface area contributed by atoms with Crippen LogP contribution < -0.4 is 36.6 Å². The second-order valence-corrected chi connectivity index (χ2v) is 14.3. The van der Waals surface area contributed by atoms with Gasteiger partial charge in [-0.3, -0.25) is 28.8 Å². The molecule has 1 aromatic rings. The van der Waals surface area contributed by atoms with E-state index < -0.39 is 66.2 Å². The standard InChI is InChI=1S/C38H60N6O9/c1-8-13-29(42-35(48)30(20-23(3)4)43-34(47)25(7)40-38(51)53-22-24(5)6)33(46)37(50)39-21-31(45)44-32(26-16-18-28(19-17-26)52-9-2)36(49)41-27-14-11-10-12-15-27/h16-19,23-25,27,29-30,32H,8-15,20-22H2,1-7H3,(H,39,50)(H,40,51)(H,41,49)(H,42,48)(H,43,47)(H,44,45)/t25-,29?,30?,32?/m0/s1. The first kappa shape index (κ1) is 44.5. The minimum atomic E-state index is -1.23. The maximum Gasteiger partial charge on any atom is 0.407 e. The van der Waals surface area contributed by atoms with Crippen molar-refractivity contribution < 1.29 is 43.0 Å². The zero-order valence-corrected chi connectivity index (χ0v) is 32.3. The Hall–Kier alpha value is -4.69. The first-order valence-corrected chi connectivity index (χ1v) is 18.8. The summed E-state index contributed by atoms with van der Waals surface area (Å²) >= 11 is 0. The van der Waals surface area contributed by atoms with E-state index >= 15 is 0 Å². The smallest absolute Gasteiger partial charge is 0.407 e. The highest BCUT2D eigenvalue weighted by atomic mass is 16.5. The molecule has 0 spiro atoms. The van der Waals surface area contributed by atoms with Crippen LogP contribution in [0.5, 0.6) is 5.75 Å². The van der Waals surface area contributed by atoms with Gasteiger partial charge in [0.25, 0.3) is 5.91 Å². The summed E-state index contributed by atoms with van der Waals surface area (Å²) in [6, 6.07) is 2.39. The largest absolute Gasteiger partial charge is 0.494 e. The van der Waals surface area contributed by atoms with Gasteiger partial charge in [0.15, 0.2) is 0 Å². The third-order valence-electron chi connectivity index (χ3n) is 8.50. The zero-order chi connectivity index (χ0) is 39.5. The average Bonchev–Trinajstić information content (AvgIpc) is 3.11. The number of rotatable bonds is 21. The summed E-state index contributed by atoms with van der Waals surface area (Å²) in [4.78, 5) is 91.1. The Morgan fingerprint density at radius 3 is 1.98 bits per heavy atom. The molecule has 3 unspecified atom stereocenters. The van der Waals surface area contributed by atoms with Crippen molar-refractivity contribution in [3.63, 3.8) is 0 Å². The van der Waals surface area contributed by atoms with Gasteiger partial charge in [-0.15, -0.1) is 0 Å². The van der Waals surface area contributed by atoms with E-state index in [2.05, 4.69) is 31.9 Å². The Balaban J connectivity index is 2.06. The molecule has 6 amide bonds. The molecular formula is C38H60N6O9.